The van der Waals surface area contributed by atoms with Gasteiger partial charge in [0.1, 0.15) is 11.2 Å². The smallest absolute Gasteiger partial charge is 0.312 e. The molecule has 10 heteroatoms. The van der Waals surface area contributed by atoms with E-state index in [-0.39, 0.29) is 17.2 Å². The monoisotopic (exact) mass is 423 g/mol. The summed E-state index contributed by atoms with van der Waals surface area (Å²) in [6.45, 7) is 2.55. The second kappa shape index (κ2) is 6.15. The van der Waals surface area contributed by atoms with E-state index in [1.807, 2.05) is 18.2 Å². The Morgan fingerprint density at radius 1 is 1.33 bits per heavy atom. The number of aromatic amines is 1. The number of imidazole rings is 1. The van der Waals surface area contributed by atoms with Crippen LogP contribution in [0.15, 0.2) is 35.0 Å². The topological polar surface area (TPSA) is 105 Å². The highest BCUT2D eigenvalue weighted by Gasteiger charge is 2.45. The van der Waals surface area contributed by atoms with Crippen molar-refractivity contribution in [3.63, 3.8) is 0 Å². The van der Waals surface area contributed by atoms with Gasteiger partial charge in [0.05, 0.1) is 23.2 Å². The van der Waals surface area contributed by atoms with Gasteiger partial charge in [0, 0.05) is 24.1 Å². The van der Waals surface area contributed by atoms with E-state index in [2.05, 4.69) is 32.2 Å². The molecule has 0 spiro atoms. The van der Waals surface area contributed by atoms with Crippen molar-refractivity contribution in [1.29, 1.82) is 0 Å². The number of hydrogen-bond donors (Lipinski definition) is 1. The summed E-state index contributed by atoms with van der Waals surface area (Å²) in [4.78, 5) is 22.8. The second-order valence-electron chi connectivity index (χ2n) is 8.14. The first kappa shape index (κ1) is 17.6. The van der Waals surface area contributed by atoms with Crippen LogP contribution < -0.4 is 0 Å². The van der Waals surface area contributed by atoms with Crippen LogP contribution in [-0.4, -0.2) is 47.1 Å². The standard InChI is InChI=1S/C20H18ClN7O2/c1-20(6-7-20)19-25-24-17(30-19)18(29)27-8-5-12-15(23-10-22-12)16(27)13-9-11-3-2-4-14(21)28(11)26-13/h2-4,9-10,16H,5-8H2,1H3,(H,22,23)/t16-/m1/s1. The molecule has 5 heterocycles. The molecule has 0 saturated heterocycles. The number of pyridine rings is 1. The fourth-order valence-corrected chi connectivity index (χ4v) is 4.22. The highest BCUT2D eigenvalue weighted by atomic mass is 35.5. The summed E-state index contributed by atoms with van der Waals surface area (Å²) in [5.41, 5.74) is 3.18. The lowest BCUT2D eigenvalue weighted by molar-refractivity contribution is 0.0643. The molecule has 30 heavy (non-hydrogen) atoms. The highest BCUT2D eigenvalue weighted by Crippen LogP contribution is 2.47. The number of nitrogens with one attached hydrogen (secondary N) is 1. The van der Waals surface area contributed by atoms with Gasteiger partial charge in [0.15, 0.2) is 0 Å². The van der Waals surface area contributed by atoms with E-state index in [1.165, 1.54) is 0 Å². The fraction of sp³-hybridized carbons (Fsp3) is 0.350. The average molecular weight is 424 g/mol. The van der Waals surface area contributed by atoms with E-state index in [9.17, 15) is 4.79 Å². The van der Waals surface area contributed by atoms with E-state index in [0.717, 1.165) is 29.7 Å². The predicted octanol–water partition coefficient (Wildman–Crippen LogP) is 2.93. The molecule has 1 N–H and O–H groups in total. The van der Waals surface area contributed by atoms with Gasteiger partial charge in [0.2, 0.25) is 5.89 Å². The molecule has 0 aromatic carbocycles. The van der Waals surface area contributed by atoms with Crippen molar-refractivity contribution >= 4 is 23.0 Å². The Morgan fingerprint density at radius 2 is 2.20 bits per heavy atom. The maximum Gasteiger partial charge on any atom is 0.312 e. The minimum Gasteiger partial charge on any atom is -0.416 e. The van der Waals surface area contributed by atoms with Gasteiger partial charge in [-0.25, -0.2) is 9.50 Å². The second-order valence-corrected chi connectivity index (χ2v) is 8.53. The zero-order valence-corrected chi connectivity index (χ0v) is 16.9. The summed E-state index contributed by atoms with van der Waals surface area (Å²) in [5.74, 6) is 0.211. The van der Waals surface area contributed by atoms with Crippen LogP contribution >= 0.6 is 11.6 Å². The summed E-state index contributed by atoms with van der Waals surface area (Å²) in [5, 5.41) is 13.3. The van der Waals surface area contributed by atoms with Gasteiger partial charge >= 0.3 is 11.8 Å². The first-order valence-corrected chi connectivity index (χ1v) is 10.2. The quantitative estimate of drug-likeness (QED) is 0.508. The van der Waals surface area contributed by atoms with Crippen LogP contribution in [0.2, 0.25) is 5.15 Å². The Bertz CT molecular complexity index is 1290. The van der Waals surface area contributed by atoms with Crippen molar-refractivity contribution in [2.24, 2.45) is 0 Å². The average Bonchev–Trinajstić information content (AvgIpc) is 3.21. The van der Waals surface area contributed by atoms with Crippen molar-refractivity contribution in [1.82, 2.24) is 34.7 Å². The van der Waals surface area contributed by atoms with Crippen LogP contribution in [0.5, 0.6) is 0 Å². The first-order valence-electron chi connectivity index (χ1n) is 9.85. The maximum absolute atomic E-state index is 13.4. The van der Waals surface area contributed by atoms with Gasteiger partial charge in [-0.3, -0.25) is 4.79 Å². The number of halogens is 1. The van der Waals surface area contributed by atoms with Crippen molar-refractivity contribution in [3.8, 4) is 0 Å². The number of nitrogens with zero attached hydrogens (tertiary/aromatic N) is 6. The van der Waals surface area contributed by atoms with Crippen LogP contribution in [-0.2, 0) is 11.8 Å². The van der Waals surface area contributed by atoms with Crippen molar-refractivity contribution in [3.05, 3.63) is 64.6 Å². The molecule has 0 unspecified atom stereocenters. The zero-order chi connectivity index (χ0) is 20.5. The van der Waals surface area contributed by atoms with Crippen LogP contribution in [0, 0.1) is 0 Å². The molecule has 9 nitrogen and oxygen atoms in total. The zero-order valence-electron chi connectivity index (χ0n) is 16.2. The van der Waals surface area contributed by atoms with E-state index in [1.54, 1.807) is 21.8 Å². The minimum atomic E-state index is -0.477. The summed E-state index contributed by atoms with van der Waals surface area (Å²) < 4.78 is 7.42. The normalized spacial score (nSPS) is 19.8. The van der Waals surface area contributed by atoms with Gasteiger partial charge in [-0.05, 0) is 31.0 Å². The van der Waals surface area contributed by atoms with Gasteiger partial charge in [-0.2, -0.15) is 5.10 Å². The Balaban J connectivity index is 1.43. The van der Waals surface area contributed by atoms with Crippen molar-refractivity contribution < 1.29 is 9.21 Å². The summed E-state index contributed by atoms with van der Waals surface area (Å²) >= 11 is 6.30. The number of rotatable bonds is 3. The molecule has 1 saturated carbocycles. The van der Waals surface area contributed by atoms with Gasteiger partial charge in [-0.15, -0.1) is 10.2 Å². The number of hydrogen-bond acceptors (Lipinski definition) is 6. The van der Waals surface area contributed by atoms with E-state index >= 15 is 0 Å². The molecular weight excluding hydrogens is 406 g/mol. The Hall–Kier alpha value is -3.20. The van der Waals surface area contributed by atoms with Crippen LogP contribution in [0.1, 0.15) is 59.5 Å². The van der Waals surface area contributed by atoms with E-state index in [0.29, 0.717) is 29.7 Å². The molecular formula is C20H18ClN7O2. The number of fused-ring (bicyclic) bond motifs is 2. The maximum atomic E-state index is 13.4. The third kappa shape index (κ3) is 2.58. The Morgan fingerprint density at radius 3 is 3.00 bits per heavy atom. The van der Waals surface area contributed by atoms with Gasteiger partial charge in [-0.1, -0.05) is 24.6 Å². The Kier molecular flexibility index (Phi) is 3.62. The van der Waals surface area contributed by atoms with Crippen LogP contribution in [0.4, 0.5) is 0 Å². The fourth-order valence-electron chi connectivity index (χ4n) is 4.01. The molecule has 152 valence electrons. The number of carbonyl (C=O) groups is 1. The first-order chi connectivity index (χ1) is 14.5. The number of carbonyl (C=O) groups excluding carboxylic acids is 1. The molecule has 0 radical (unpaired) electrons. The van der Waals surface area contributed by atoms with Gasteiger partial charge < -0.3 is 14.3 Å². The highest BCUT2D eigenvalue weighted by molar-refractivity contribution is 6.29. The summed E-state index contributed by atoms with van der Waals surface area (Å²) in [6.07, 6.45) is 4.29. The summed E-state index contributed by atoms with van der Waals surface area (Å²) in [7, 11) is 0. The third-order valence-corrected chi connectivity index (χ3v) is 6.34. The molecule has 4 aromatic heterocycles. The van der Waals surface area contributed by atoms with E-state index in [4.69, 9.17) is 16.0 Å². The van der Waals surface area contributed by atoms with Gasteiger partial charge in [0.25, 0.3) is 0 Å². The predicted molar refractivity (Wildman–Crippen MR) is 106 cm³/mol. The lowest BCUT2D eigenvalue weighted by Crippen LogP contribution is -2.41. The van der Waals surface area contributed by atoms with Crippen LogP contribution in [0.25, 0.3) is 5.52 Å². The molecule has 1 aliphatic heterocycles. The lowest BCUT2D eigenvalue weighted by atomic mass is 9.99. The molecule has 1 aliphatic carbocycles. The third-order valence-electron chi connectivity index (χ3n) is 6.05. The molecule has 1 fully saturated rings. The molecule has 6 rings (SSSR count). The molecule has 1 atom stereocenters. The number of amides is 1. The number of aromatic nitrogens is 6. The number of H-pyrrole nitrogens is 1. The lowest BCUT2D eigenvalue weighted by Gasteiger charge is -2.32. The van der Waals surface area contributed by atoms with Crippen molar-refractivity contribution in [2.45, 2.75) is 37.6 Å². The molecule has 2 aliphatic rings. The molecule has 1 amide bonds. The van der Waals surface area contributed by atoms with E-state index < -0.39 is 6.04 Å². The molecule has 4 aromatic rings. The Labute approximate surface area is 176 Å². The minimum absolute atomic E-state index is 0.00362. The SMILES string of the molecule is CC1(c2nnc(C(=O)N3CCc4[nH]cnc4[C@H]3c3cc4cccc(Cl)n4n3)o2)CC1. The van der Waals surface area contributed by atoms with Crippen molar-refractivity contribution in [2.75, 3.05) is 6.54 Å². The summed E-state index contributed by atoms with van der Waals surface area (Å²) in [6, 6.07) is 7.00. The van der Waals surface area contributed by atoms with Crippen LogP contribution in [0.3, 0.4) is 0 Å². The molecule has 0 bridgehead atoms. The largest absolute Gasteiger partial charge is 0.416 e.